The van der Waals surface area contributed by atoms with Gasteiger partial charge in [-0.15, -0.1) is 0 Å². The van der Waals surface area contributed by atoms with Crippen molar-refractivity contribution < 1.29 is 22.7 Å². The Labute approximate surface area is 179 Å². The van der Waals surface area contributed by atoms with Gasteiger partial charge in [0.2, 0.25) is 15.9 Å². The Hall–Kier alpha value is -1.80. The molecular weight excluding hydrogens is 404 g/mol. The molecule has 3 aliphatic heterocycles. The molecule has 1 aromatic carbocycles. The van der Waals surface area contributed by atoms with Crippen molar-refractivity contribution in [1.82, 2.24) is 9.21 Å². The molecule has 1 amide bonds. The van der Waals surface area contributed by atoms with Crippen molar-refractivity contribution in [1.29, 1.82) is 0 Å². The van der Waals surface area contributed by atoms with Gasteiger partial charge in [-0.3, -0.25) is 4.79 Å². The first-order chi connectivity index (χ1) is 14.3. The maximum absolute atomic E-state index is 13.1. The fourth-order valence-corrected chi connectivity index (χ4v) is 6.21. The lowest BCUT2D eigenvalue weighted by molar-refractivity contribution is -0.140. The number of sulfonamides is 1. The predicted molar refractivity (Wildman–Crippen MR) is 113 cm³/mol. The van der Waals surface area contributed by atoms with Crippen molar-refractivity contribution in [2.24, 2.45) is 11.3 Å². The highest BCUT2D eigenvalue weighted by molar-refractivity contribution is 7.89. The predicted octanol–water partition coefficient (Wildman–Crippen LogP) is 2.90. The SMILES string of the molecule is CC[C@@]1(C)CCCN(C(=O)C2CCN(S(=O)(=O)c3ccc4c(c3)OCCO4)CC2)C1. The van der Waals surface area contributed by atoms with E-state index in [4.69, 9.17) is 9.47 Å². The summed E-state index contributed by atoms with van der Waals surface area (Å²) in [6, 6.07) is 4.76. The second kappa shape index (κ2) is 8.38. The van der Waals surface area contributed by atoms with Gasteiger partial charge in [0, 0.05) is 38.2 Å². The van der Waals surface area contributed by atoms with Crippen LogP contribution in [0.1, 0.15) is 46.0 Å². The van der Waals surface area contributed by atoms with E-state index in [9.17, 15) is 13.2 Å². The molecule has 1 aromatic rings. The molecule has 7 nitrogen and oxygen atoms in total. The van der Waals surface area contributed by atoms with Crippen molar-refractivity contribution in [3.63, 3.8) is 0 Å². The Morgan fingerprint density at radius 3 is 2.53 bits per heavy atom. The number of hydrogen-bond acceptors (Lipinski definition) is 5. The molecular formula is C22H32N2O5S. The number of amides is 1. The van der Waals surface area contributed by atoms with E-state index in [2.05, 4.69) is 13.8 Å². The molecule has 2 fully saturated rings. The summed E-state index contributed by atoms with van der Waals surface area (Å²) in [4.78, 5) is 15.3. The number of rotatable bonds is 4. The van der Waals surface area contributed by atoms with E-state index in [0.717, 1.165) is 25.9 Å². The number of nitrogens with zero attached hydrogens (tertiary/aromatic N) is 2. The topological polar surface area (TPSA) is 76.2 Å². The number of hydrogen-bond donors (Lipinski definition) is 0. The Bertz CT molecular complexity index is 895. The summed E-state index contributed by atoms with van der Waals surface area (Å²) in [7, 11) is -3.62. The normalized spacial score (nSPS) is 25.9. The van der Waals surface area contributed by atoms with Crippen LogP contribution in [-0.2, 0) is 14.8 Å². The molecule has 0 bridgehead atoms. The van der Waals surface area contributed by atoms with Gasteiger partial charge in [-0.05, 0) is 49.7 Å². The Kier molecular flexibility index (Phi) is 5.99. The summed E-state index contributed by atoms with van der Waals surface area (Å²) in [6.07, 6.45) is 4.43. The van der Waals surface area contributed by atoms with Gasteiger partial charge in [0.25, 0.3) is 0 Å². The van der Waals surface area contributed by atoms with Gasteiger partial charge < -0.3 is 14.4 Å². The Morgan fingerprint density at radius 2 is 1.83 bits per heavy atom. The number of carbonyl (C=O) groups excluding carboxylic acids is 1. The molecule has 30 heavy (non-hydrogen) atoms. The van der Waals surface area contributed by atoms with E-state index in [1.54, 1.807) is 18.2 Å². The van der Waals surface area contributed by atoms with E-state index in [0.29, 0.717) is 50.6 Å². The maximum Gasteiger partial charge on any atom is 0.243 e. The van der Waals surface area contributed by atoms with Crippen LogP contribution >= 0.6 is 0 Å². The molecule has 0 N–H and O–H groups in total. The zero-order chi connectivity index (χ0) is 21.4. The van der Waals surface area contributed by atoms with Crippen LogP contribution in [0.3, 0.4) is 0 Å². The number of fused-ring (bicyclic) bond motifs is 1. The number of likely N-dealkylation sites (tertiary alicyclic amines) is 1. The Balaban J connectivity index is 1.40. The van der Waals surface area contributed by atoms with Gasteiger partial charge in [0.1, 0.15) is 13.2 Å². The monoisotopic (exact) mass is 436 g/mol. The van der Waals surface area contributed by atoms with Crippen molar-refractivity contribution in [2.45, 2.75) is 50.8 Å². The molecule has 3 heterocycles. The van der Waals surface area contributed by atoms with Crippen LogP contribution < -0.4 is 9.47 Å². The van der Waals surface area contributed by atoms with E-state index >= 15 is 0 Å². The molecule has 0 saturated carbocycles. The highest BCUT2D eigenvalue weighted by atomic mass is 32.2. The lowest BCUT2D eigenvalue weighted by atomic mass is 9.79. The minimum atomic E-state index is -3.62. The molecule has 166 valence electrons. The van der Waals surface area contributed by atoms with Gasteiger partial charge in [0.05, 0.1) is 4.90 Å². The van der Waals surface area contributed by atoms with Gasteiger partial charge >= 0.3 is 0 Å². The van der Waals surface area contributed by atoms with Crippen molar-refractivity contribution >= 4 is 15.9 Å². The average molecular weight is 437 g/mol. The number of piperidine rings is 2. The van der Waals surface area contributed by atoms with E-state index in [-0.39, 0.29) is 22.1 Å². The lowest BCUT2D eigenvalue weighted by Crippen LogP contribution is -2.49. The summed E-state index contributed by atoms with van der Waals surface area (Å²) < 4.78 is 38.7. The van der Waals surface area contributed by atoms with Crippen LogP contribution in [0.25, 0.3) is 0 Å². The fourth-order valence-electron chi connectivity index (χ4n) is 4.73. The summed E-state index contributed by atoms with van der Waals surface area (Å²) in [6.45, 7) is 7.71. The van der Waals surface area contributed by atoms with Crippen LogP contribution in [0.4, 0.5) is 0 Å². The van der Waals surface area contributed by atoms with Crippen molar-refractivity contribution in [3.8, 4) is 11.5 Å². The number of benzene rings is 1. The number of ether oxygens (including phenoxy) is 2. The van der Waals surface area contributed by atoms with Gasteiger partial charge in [-0.2, -0.15) is 4.31 Å². The summed E-state index contributed by atoms with van der Waals surface area (Å²) in [5.74, 6) is 1.16. The molecule has 3 aliphatic rings. The van der Waals surface area contributed by atoms with Crippen LogP contribution in [0.5, 0.6) is 11.5 Å². The average Bonchev–Trinajstić information content (AvgIpc) is 2.78. The lowest BCUT2D eigenvalue weighted by Gasteiger charge is -2.42. The minimum Gasteiger partial charge on any atom is -0.486 e. The molecule has 8 heteroatoms. The third-order valence-electron chi connectivity index (χ3n) is 6.90. The largest absolute Gasteiger partial charge is 0.486 e. The highest BCUT2D eigenvalue weighted by Crippen LogP contribution is 2.36. The van der Waals surface area contributed by atoms with E-state index in [1.165, 1.54) is 10.7 Å². The molecule has 0 spiro atoms. The molecule has 0 aliphatic carbocycles. The number of carbonyl (C=O) groups is 1. The fraction of sp³-hybridized carbons (Fsp3) is 0.682. The molecule has 0 radical (unpaired) electrons. The van der Waals surface area contributed by atoms with E-state index < -0.39 is 10.0 Å². The minimum absolute atomic E-state index is 0.0871. The van der Waals surface area contributed by atoms with Crippen LogP contribution in [0.2, 0.25) is 0 Å². The van der Waals surface area contributed by atoms with Gasteiger partial charge in [0.15, 0.2) is 11.5 Å². The summed E-state index contributed by atoms with van der Waals surface area (Å²) in [5.41, 5.74) is 0.205. The van der Waals surface area contributed by atoms with Crippen LogP contribution in [-0.4, -0.2) is 62.9 Å². The van der Waals surface area contributed by atoms with Crippen LogP contribution in [0, 0.1) is 11.3 Å². The molecule has 4 rings (SSSR count). The van der Waals surface area contributed by atoms with Crippen molar-refractivity contribution in [2.75, 3.05) is 39.4 Å². The van der Waals surface area contributed by atoms with Crippen molar-refractivity contribution in [3.05, 3.63) is 18.2 Å². The summed E-state index contributed by atoms with van der Waals surface area (Å²) in [5, 5.41) is 0. The first-order valence-electron chi connectivity index (χ1n) is 11.0. The molecule has 0 aromatic heterocycles. The van der Waals surface area contributed by atoms with Crippen LogP contribution in [0.15, 0.2) is 23.1 Å². The second-order valence-corrected chi connectivity index (χ2v) is 10.9. The van der Waals surface area contributed by atoms with E-state index in [1.807, 2.05) is 4.90 Å². The quantitative estimate of drug-likeness (QED) is 0.725. The first-order valence-corrected chi connectivity index (χ1v) is 12.4. The summed E-state index contributed by atoms with van der Waals surface area (Å²) >= 11 is 0. The third-order valence-corrected chi connectivity index (χ3v) is 8.80. The standard InChI is InChI=1S/C22H32N2O5S/c1-3-22(2)9-4-10-23(16-22)21(25)17-7-11-24(12-8-17)30(26,27)18-5-6-19-20(15-18)29-14-13-28-19/h5-6,15,17H,3-4,7-14,16H2,1-2H3/t22-/m0/s1. The smallest absolute Gasteiger partial charge is 0.243 e. The zero-order valence-electron chi connectivity index (χ0n) is 17.9. The third kappa shape index (κ3) is 4.17. The first kappa shape index (κ1) is 21.4. The highest BCUT2D eigenvalue weighted by Gasteiger charge is 2.37. The van der Waals surface area contributed by atoms with Gasteiger partial charge in [-0.25, -0.2) is 8.42 Å². The second-order valence-electron chi connectivity index (χ2n) is 9.01. The zero-order valence-corrected chi connectivity index (χ0v) is 18.7. The maximum atomic E-state index is 13.1. The molecule has 0 unspecified atom stereocenters. The molecule has 1 atom stereocenters. The molecule has 2 saturated heterocycles. The van der Waals surface area contributed by atoms with Gasteiger partial charge in [-0.1, -0.05) is 13.8 Å². The Morgan fingerprint density at radius 1 is 1.13 bits per heavy atom.